The fraction of sp³-hybridized carbons (Fsp3) is 0.632. The van der Waals surface area contributed by atoms with E-state index in [1.807, 2.05) is 30.3 Å². The van der Waals surface area contributed by atoms with E-state index in [-0.39, 0.29) is 18.4 Å². The zero-order valence-corrected chi connectivity index (χ0v) is 15.2. The molecule has 1 aromatic carbocycles. The van der Waals surface area contributed by atoms with Crippen molar-refractivity contribution in [1.29, 1.82) is 0 Å². The van der Waals surface area contributed by atoms with Crippen LogP contribution in [0.1, 0.15) is 51.6 Å². The third kappa shape index (κ3) is 5.50. The number of carbonyl (C=O) groups is 1. The second kappa shape index (κ2) is 9.29. The lowest BCUT2D eigenvalue weighted by molar-refractivity contribution is -0.148. The molecule has 2 rings (SSSR count). The summed E-state index contributed by atoms with van der Waals surface area (Å²) in [5.74, 6) is 2.17. The van der Waals surface area contributed by atoms with E-state index in [0.29, 0.717) is 24.4 Å². The Kier molecular flexibility index (Phi) is 8.07. The maximum Gasteiger partial charge on any atom is 0.327 e. The first-order valence-electron chi connectivity index (χ1n) is 8.46. The van der Waals surface area contributed by atoms with Gasteiger partial charge in [0.1, 0.15) is 6.04 Å². The molecule has 0 saturated heterocycles. The van der Waals surface area contributed by atoms with Crippen LogP contribution in [0, 0.1) is 23.7 Å². The Bertz CT molecular complexity index is 478. The molecule has 0 bridgehead atoms. The van der Waals surface area contributed by atoms with Crippen molar-refractivity contribution in [3.63, 3.8) is 0 Å². The molecule has 0 heterocycles. The summed E-state index contributed by atoms with van der Waals surface area (Å²) in [6.45, 7) is 7.34. The zero-order valence-electron chi connectivity index (χ0n) is 14.4. The maximum atomic E-state index is 12.2. The Balaban J connectivity index is 0.00000264. The Labute approximate surface area is 146 Å². The molecule has 1 aliphatic carbocycles. The van der Waals surface area contributed by atoms with E-state index < -0.39 is 6.04 Å². The molecule has 1 fully saturated rings. The molecular formula is C19H30ClNO2. The third-order valence-corrected chi connectivity index (χ3v) is 5.01. The molecule has 1 aliphatic rings. The van der Waals surface area contributed by atoms with Crippen molar-refractivity contribution in [2.45, 2.75) is 46.1 Å². The van der Waals surface area contributed by atoms with Crippen LogP contribution in [0.25, 0.3) is 0 Å². The minimum atomic E-state index is -0.681. The standard InChI is InChI=1S/C19H29NO2.ClH/c1-13(2)17-10-9-14(3)11-16(17)12-22-19(21)18(20)15-7-5-4-6-8-15;/h4-8,13-14,16-18H,9-12,20H2,1-3H3;1H/t14-,16+,17+,18?;/m1./s1. The maximum absolute atomic E-state index is 12.2. The van der Waals surface area contributed by atoms with Crippen molar-refractivity contribution in [3.05, 3.63) is 35.9 Å². The van der Waals surface area contributed by atoms with E-state index >= 15 is 0 Å². The van der Waals surface area contributed by atoms with E-state index in [1.165, 1.54) is 12.8 Å². The average Bonchev–Trinajstić information content (AvgIpc) is 2.52. The first-order valence-corrected chi connectivity index (χ1v) is 8.46. The van der Waals surface area contributed by atoms with Crippen molar-refractivity contribution in [1.82, 2.24) is 0 Å². The SMILES string of the molecule is CC(C)[C@@H]1CC[C@@H](C)C[C@H]1COC(=O)C(N)c1ccccc1.Cl. The Morgan fingerprint density at radius 2 is 1.91 bits per heavy atom. The highest BCUT2D eigenvalue weighted by molar-refractivity contribution is 5.85. The normalized spacial score (nSPS) is 25.5. The Morgan fingerprint density at radius 1 is 1.26 bits per heavy atom. The lowest BCUT2D eigenvalue weighted by atomic mass is 9.70. The molecule has 0 amide bonds. The van der Waals surface area contributed by atoms with E-state index in [4.69, 9.17) is 10.5 Å². The summed E-state index contributed by atoms with van der Waals surface area (Å²) in [5, 5.41) is 0. The highest BCUT2D eigenvalue weighted by Crippen LogP contribution is 2.38. The van der Waals surface area contributed by atoms with Crippen molar-refractivity contribution in [3.8, 4) is 0 Å². The number of ether oxygens (including phenoxy) is 1. The largest absolute Gasteiger partial charge is 0.464 e. The van der Waals surface area contributed by atoms with Gasteiger partial charge in [-0.1, -0.05) is 57.5 Å². The number of carbonyl (C=O) groups excluding carboxylic acids is 1. The van der Waals surface area contributed by atoms with Crippen LogP contribution >= 0.6 is 12.4 Å². The van der Waals surface area contributed by atoms with Gasteiger partial charge in [-0.2, -0.15) is 0 Å². The summed E-state index contributed by atoms with van der Waals surface area (Å²) in [6.07, 6.45) is 3.68. The van der Waals surface area contributed by atoms with Crippen molar-refractivity contribution >= 4 is 18.4 Å². The average molecular weight is 340 g/mol. The highest BCUT2D eigenvalue weighted by atomic mass is 35.5. The number of rotatable bonds is 5. The summed E-state index contributed by atoms with van der Waals surface area (Å²) in [7, 11) is 0. The highest BCUT2D eigenvalue weighted by Gasteiger charge is 2.32. The van der Waals surface area contributed by atoms with Crippen LogP contribution in [0.4, 0.5) is 0 Å². The number of hydrogen-bond acceptors (Lipinski definition) is 3. The van der Waals surface area contributed by atoms with Crippen molar-refractivity contribution in [2.75, 3.05) is 6.61 Å². The molecule has 3 nitrogen and oxygen atoms in total. The van der Waals surface area contributed by atoms with Gasteiger partial charge in [-0.25, -0.2) is 4.79 Å². The molecule has 130 valence electrons. The van der Waals surface area contributed by atoms with Crippen LogP contribution in [0.15, 0.2) is 30.3 Å². The summed E-state index contributed by atoms with van der Waals surface area (Å²) in [5.41, 5.74) is 6.81. The van der Waals surface area contributed by atoms with Crippen LogP contribution in [0.3, 0.4) is 0 Å². The molecule has 23 heavy (non-hydrogen) atoms. The summed E-state index contributed by atoms with van der Waals surface area (Å²) < 4.78 is 5.56. The van der Waals surface area contributed by atoms with Gasteiger partial charge in [0.2, 0.25) is 0 Å². The first kappa shape index (κ1) is 20.0. The van der Waals surface area contributed by atoms with Gasteiger partial charge in [0.15, 0.2) is 0 Å². The summed E-state index contributed by atoms with van der Waals surface area (Å²) in [6, 6.07) is 8.75. The number of hydrogen-bond donors (Lipinski definition) is 1. The van der Waals surface area contributed by atoms with E-state index in [1.54, 1.807) is 0 Å². The molecule has 4 heteroatoms. The number of benzene rings is 1. The quantitative estimate of drug-likeness (QED) is 0.811. The molecule has 1 aromatic rings. The lowest BCUT2D eigenvalue weighted by Gasteiger charge is -2.37. The van der Waals surface area contributed by atoms with Gasteiger partial charge in [0.25, 0.3) is 0 Å². The van der Waals surface area contributed by atoms with Crippen molar-refractivity contribution < 1.29 is 9.53 Å². The number of halogens is 1. The van der Waals surface area contributed by atoms with E-state index in [9.17, 15) is 4.79 Å². The lowest BCUT2D eigenvalue weighted by Crippen LogP contribution is -2.33. The second-order valence-electron chi connectivity index (χ2n) is 7.10. The van der Waals surface area contributed by atoms with Gasteiger partial charge < -0.3 is 10.5 Å². The van der Waals surface area contributed by atoms with E-state index in [2.05, 4.69) is 20.8 Å². The van der Waals surface area contributed by atoms with Crippen LogP contribution in [0.5, 0.6) is 0 Å². The molecule has 0 radical (unpaired) electrons. The Morgan fingerprint density at radius 3 is 2.52 bits per heavy atom. The minimum absolute atomic E-state index is 0. The third-order valence-electron chi connectivity index (χ3n) is 5.01. The predicted molar refractivity (Wildman–Crippen MR) is 96.4 cm³/mol. The monoisotopic (exact) mass is 339 g/mol. The van der Waals surface area contributed by atoms with Gasteiger partial charge in [-0.15, -0.1) is 12.4 Å². The van der Waals surface area contributed by atoms with Gasteiger partial charge in [0.05, 0.1) is 6.61 Å². The fourth-order valence-corrected chi connectivity index (χ4v) is 3.67. The topological polar surface area (TPSA) is 52.3 Å². The van der Waals surface area contributed by atoms with Crippen LogP contribution in [0.2, 0.25) is 0 Å². The molecule has 1 unspecified atom stereocenters. The van der Waals surface area contributed by atoms with Crippen LogP contribution in [-0.2, 0) is 9.53 Å². The van der Waals surface area contributed by atoms with Crippen LogP contribution < -0.4 is 5.73 Å². The fourth-order valence-electron chi connectivity index (χ4n) is 3.67. The van der Waals surface area contributed by atoms with Gasteiger partial charge in [-0.3, -0.25) is 0 Å². The van der Waals surface area contributed by atoms with Crippen LogP contribution in [-0.4, -0.2) is 12.6 Å². The minimum Gasteiger partial charge on any atom is -0.464 e. The Hall–Kier alpha value is -1.06. The molecule has 0 aliphatic heterocycles. The number of esters is 1. The molecular weight excluding hydrogens is 310 g/mol. The van der Waals surface area contributed by atoms with E-state index in [0.717, 1.165) is 17.9 Å². The van der Waals surface area contributed by atoms with Gasteiger partial charge in [0, 0.05) is 0 Å². The first-order chi connectivity index (χ1) is 10.5. The zero-order chi connectivity index (χ0) is 16.1. The van der Waals surface area contributed by atoms with Crippen molar-refractivity contribution in [2.24, 2.45) is 29.4 Å². The van der Waals surface area contributed by atoms with Gasteiger partial charge >= 0.3 is 5.97 Å². The molecule has 1 saturated carbocycles. The molecule has 0 aromatic heterocycles. The molecule has 2 N–H and O–H groups in total. The summed E-state index contributed by atoms with van der Waals surface area (Å²) in [4.78, 5) is 12.2. The summed E-state index contributed by atoms with van der Waals surface area (Å²) >= 11 is 0. The smallest absolute Gasteiger partial charge is 0.327 e. The predicted octanol–water partition coefficient (Wildman–Crippen LogP) is 4.36. The molecule has 4 atom stereocenters. The number of nitrogens with two attached hydrogens (primary N) is 1. The second-order valence-corrected chi connectivity index (χ2v) is 7.10. The van der Waals surface area contributed by atoms with Gasteiger partial charge in [-0.05, 0) is 42.1 Å². The molecule has 0 spiro atoms.